The summed E-state index contributed by atoms with van der Waals surface area (Å²) >= 11 is 0. The standard InChI is InChI=1S/C21H33N3O3/c1-21(2,3)27-20(26)22-13-9-12-19(25)23-18(16-24-14-7-8-15-24)17-10-5-4-6-11-17/h4-6,10-11,18H,7-9,12-16H2,1-3H3,(H,22,26)(H,23,25). The lowest BCUT2D eigenvalue weighted by atomic mass is 10.1. The van der Waals surface area contributed by atoms with Crippen molar-refractivity contribution < 1.29 is 14.3 Å². The Labute approximate surface area is 162 Å². The van der Waals surface area contributed by atoms with E-state index >= 15 is 0 Å². The number of hydrogen-bond donors (Lipinski definition) is 2. The molecule has 6 heteroatoms. The second-order valence-electron chi connectivity index (χ2n) is 8.07. The lowest BCUT2D eigenvalue weighted by molar-refractivity contribution is -0.122. The van der Waals surface area contributed by atoms with Crippen LogP contribution in [0.1, 0.15) is 58.1 Å². The second-order valence-corrected chi connectivity index (χ2v) is 8.07. The Morgan fingerprint density at radius 2 is 1.81 bits per heavy atom. The van der Waals surface area contributed by atoms with E-state index in [1.165, 1.54) is 12.8 Å². The van der Waals surface area contributed by atoms with Crippen molar-refractivity contribution >= 4 is 12.0 Å². The number of likely N-dealkylation sites (tertiary alicyclic amines) is 1. The van der Waals surface area contributed by atoms with E-state index in [-0.39, 0.29) is 11.9 Å². The van der Waals surface area contributed by atoms with Gasteiger partial charge in [-0.05, 0) is 58.7 Å². The molecule has 0 bridgehead atoms. The Morgan fingerprint density at radius 1 is 1.15 bits per heavy atom. The Bertz CT molecular complexity index is 592. The largest absolute Gasteiger partial charge is 0.444 e. The number of benzene rings is 1. The molecule has 1 aromatic rings. The average Bonchev–Trinajstić information content (AvgIpc) is 3.10. The van der Waals surface area contributed by atoms with Crippen molar-refractivity contribution in [3.05, 3.63) is 35.9 Å². The van der Waals surface area contributed by atoms with Gasteiger partial charge in [0.25, 0.3) is 0 Å². The molecule has 1 saturated heterocycles. The minimum absolute atomic E-state index is 0.00406. The Hall–Kier alpha value is -2.08. The summed E-state index contributed by atoms with van der Waals surface area (Å²) in [6.07, 6.45) is 2.96. The molecule has 0 radical (unpaired) electrons. The first kappa shape index (κ1) is 21.2. The monoisotopic (exact) mass is 375 g/mol. The van der Waals surface area contributed by atoms with E-state index in [9.17, 15) is 9.59 Å². The lowest BCUT2D eigenvalue weighted by Crippen LogP contribution is -2.37. The van der Waals surface area contributed by atoms with Gasteiger partial charge in [0, 0.05) is 19.5 Å². The molecular formula is C21H33N3O3. The molecule has 1 aliphatic rings. The van der Waals surface area contributed by atoms with Gasteiger partial charge in [-0.2, -0.15) is 0 Å². The fraction of sp³-hybridized carbons (Fsp3) is 0.619. The molecule has 2 amide bonds. The molecule has 0 aliphatic carbocycles. The van der Waals surface area contributed by atoms with E-state index in [1.54, 1.807) is 0 Å². The smallest absolute Gasteiger partial charge is 0.407 e. The van der Waals surface area contributed by atoms with Crippen LogP contribution in [0.15, 0.2) is 30.3 Å². The lowest BCUT2D eigenvalue weighted by Gasteiger charge is -2.25. The van der Waals surface area contributed by atoms with E-state index in [0.717, 1.165) is 25.2 Å². The first-order chi connectivity index (χ1) is 12.8. The van der Waals surface area contributed by atoms with Crippen LogP contribution in [0.4, 0.5) is 4.79 Å². The number of amides is 2. The summed E-state index contributed by atoms with van der Waals surface area (Å²) in [4.78, 5) is 26.4. The van der Waals surface area contributed by atoms with Gasteiger partial charge < -0.3 is 20.3 Å². The van der Waals surface area contributed by atoms with Gasteiger partial charge in [-0.25, -0.2) is 4.79 Å². The van der Waals surface area contributed by atoms with Crippen LogP contribution in [0, 0.1) is 0 Å². The van der Waals surface area contributed by atoms with E-state index in [0.29, 0.717) is 19.4 Å². The molecule has 1 unspecified atom stereocenters. The van der Waals surface area contributed by atoms with Gasteiger partial charge in [-0.3, -0.25) is 4.79 Å². The second kappa shape index (κ2) is 10.3. The van der Waals surface area contributed by atoms with Crippen LogP contribution < -0.4 is 10.6 Å². The molecule has 0 aromatic heterocycles. The summed E-state index contributed by atoms with van der Waals surface area (Å²) in [6.45, 7) is 8.92. The van der Waals surface area contributed by atoms with Gasteiger partial charge in [-0.1, -0.05) is 30.3 Å². The molecule has 1 aromatic carbocycles. The number of rotatable bonds is 8. The van der Waals surface area contributed by atoms with Gasteiger partial charge in [0.2, 0.25) is 5.91 Å². The van der Waals surface area contributed by atoms with Gasteiger partial charge in [0.1, 0.15) is 5.60 Å². The van der Waals surface area contributed by atoms with Crippen LogP contribution in [0.2, 0.25) is 0 Å². The topological polar surface area (TPSA) is 70.7 Å². The molecule has 27 heavy (non-hydrogen) atoms. The molecule has 6 nitrogen and oxygen atoms in total. The van der Waals surface area contributed by atoms with Crippen LogP contribution in [0.3, 0.4) is 0 Å². The van der Waals surface area contributed by atoms with Crippen LogP contribution in [-0.4, -0.2) is 48.7 Å². The van der Waals surface area contributed by atoms with Crippen LogP contribution >= 0.6 is 0 Å². The highest BCUT2D eigenvalue weighted by molar-refractivity contribution is 5.76. The summed E-state index contributed by atoms with van der Waals surface area (Å²) in [6, 6.07) is 10.1. The van der Waals surface area contributed by atoms with E-state index in [1.807, 2.05) is 39.0 Å². The molecule has 0 saturated carbocycles. The van der Waals surface area contributed by atoms with Gasteiger partial charge in [0.15, 0.2) is 0 Å². The molecule has 1 fully saturated rings. The summed E-state index contributed by atoms with van der Waals surface area (Å²) in [5.41, 5.74) is 0.615. The summed E-state index contributed by atoms with van der Waals surface area (Å²) < 4.78 is 5.19. The quantitative estimate of drug-likeness (QED) is 0.684. The zero-order chi connectivity index (χ0) is 19.7. The van der Waals surface area contributed by atoms with Crippen molar-refractivity contribution in [2.75, 3.05) is 26.2 Å². The van der Waals surface area contributed by atoms with Crippen LogP contribution in [0.25, 0.3) is 0 Å². The minimum Gasteiger partial charge on any atom is -0.444 e. The van der Waals surface area contributed by atoms with E-state index in [2.05, 4.69) is 27.7 Å². The van der Waals surface area contributed by atoms with Crippen molar-refractivity contribution in [1.82, 2.24) is 15.5 Å². The third-order valence-electron chi connectivity index (χ3n) is 4.43. The molecule has 1 atom stereocenters. The van der Waals surface area contributed by atoms with Crippen molar-refractivity contribution in [2.45, 2.75) is 58.1 Å². The van der Waals surface area contributed by atoms with Crippen LogP contribution in [0.5, 0.6) is 0 Å². The van der Waals surface area contributed by atoms with E-state index in [4.69, 9.17) is 4.74 Å². The Morgan fingerprint density at radius 3 is 2.44 bits per heavy atom. The zero-order valence-corrected chi connectivity index (χ0v) is 16.8. The SMILES string of the molecule is CC(C)(C)OC(=O)NCCCC(=O)NC(CN1CCCC1)c1ccccc1. The minimum atomic E-state index is -0.514. The van der Waals surface area contributed by atoms with Gasteiger partial charge in [-0.15, -0.1) is 0 Å². The first-order valence-corrected chi connectivity index (χ1v) is 9.87. The average molecular weight is 376 g/mol. The molecule has 2 N–H and O–H groups in total. The molecule has 1 heterocycles. The third-order valence-corrected chi connectivity index (χ3v) is 4.43. The highest BCUT2D eigenvalue weighted by atomic mass is 16.6. The maximum atomic E-state index is 12.4. The first-order valence-electron chi connectivity index (χ1n) is 9.87. The summed E-state index contributed by atoms with van der Waals surface area (Å²) in [5.74, 6) is 0.00837. The summed E-state index contributed by atoms with van der Waals surface area (Å²) in [7, 11) is 0. The van der Waals surface area contributed by atoms with Gasteiger partial charge in [0.05, 0.1) is 6.04 Å². The number of nitrogens with one attached hydrogen (secondary N) is 2. The predicted octanol–water partition coefficient (Wildman–Crippen LogP) is 3.24. The van der Waals surface area contributed by atoms with E-state index < -0.39 is 11.7 Å². The highest BCUT2D eigenvalue weighted by Gasteiger charge is 2.20. The maximum absolute atomic E-state index is 12.4. The van der Waals surface area contributed by atoms with Crippen molar-refractivity contribution in [3.8, 4) is 0 Å². The fourth-order valence-corrected chi connectivity index (χ4v) is 3.16. The normalized spacial score (nSPS) is 16.0. The Balaban J connectivity index is 1.77. The van der Waals surface area contributed by atoms with Crippen molar-refractivity contribution in [1.29, 1.82) is 0 Å². The number of carbonyl (C=O) groups is 2. The Kier molecular flexibility index (Phi) is 8.10. The molecule has 1 aliphatic heterocycles. The van der Waals surface area contributed by atoms with Crippen molar-refractivity contribution in [3.63, 3.8) is 0 Å². The number of hydrogen-bond acceptors (Lipinski definition) is 4. The molecule has 150 valence electrons. The number of alkyl carbamates (subject to hydrolysis) is 1. The number of ether oxygens (including phenoxy) is 1. The molecule has 2 rings (SSSR count). The third kappa shape index (κ3) is 8.43. The summed E-state index contributed by atoms with van der Waals surface area (Å²) in [5, 5.41) is 5.85. The maximum Gasteiger partial charge on any atom is 0.407 e. The molecule has 0 spiro atoms. The van der Waals surface area contributed by atoms with Gasteiger partial charge >= 0.3 is 6.09 Å². The van der Waals surface area contributed by atoms with Crippen LogP contribution in [-0.2, 0) is 9.53 Å². The fourth-order valence-electron chi connectivity index (χ4n) is 3.16. The number of nitrogens with zero attached hydrogens (tertiary/aromatic N) is 1. The molecular weight excluding hydrogens is 342 g/mol. The van der Waals surface area contributed by atoms with Crippen molar-refractivity contribution in [2.24, 2.45) is 0 Å². The highest BCUT2D eigenvalue weighted by Crippen LogP contribution is 2.18. The predicted molar refractivity (Wildman–Crippen MR) is 106 cm³/mol. The number of carbonyl (C=O) groups excluding carboxylic acids is 2. The zero-order valence-electron chi connectivity index (χ0n) is 16.8.